The zero-order valence-electron chi connectivity index (χ0n) is 20.4. The van der Waals surface area contributed by atoms with E-state index < -0.39 is 37.1 Å². The second kappa shape index (κ2) is 10.7. The van der Waals surface area contributed by atoms with Gasteiger partial charge in [0, 0.05) is 14.7 Å². The number of hydrogen-bond acceptors (Lipinski definition) is 3. The van der Waals surface area contributed by atoms with E-state index in [-0.39, 0.29) is 0 Å². The van der Waals surface area contributed by atoms with Crippen LogP contribution in [0.2, 0.25) is 0 Å². The molecular weight excluding hydrogens is 517 g/mol. The van der Waals surface area contributed by atoms with Gasteiger partial charge in [-0.3, -0.25) is 0 Å². The summed E-state index contributed by atoms with van der Waals surface area (Å²) in [5, 5.41) is 0. The molecule has 0 bridgehead atoms. The van der Waals surface area contributed by atoms with E-state index in [1.165, 1.54) is 0 Å². The summed E-state index contributed by atoms with van der Waals surface area (Å²) in [6.45, 7) is 4.23. The lowest BCUT2D eigenvalue weighted by Gasteiger charge is -2.39. The first kappa shape index (κ1) is 27.0. The standard InChI is InChI=1S/C29H27F3O3S2/c1-22(2)20-23-16-18-27(19-17-23)36(25-11-5-3-6-12-25,26-13-7-4-8-14-26)35-37(33,34)28-15-9-10-24(21-28)29(30,31)32/h3-19,21-22H,20H2,1-2H3. The summed E-state index contributed by atoms with van der Waals surface area (Å²) in [5.74, 6) is 0.434. The van der Waals surface area contributed by atoms with Crippen molar-refractivity contribution in [2.45, 2.75) is 46.0 Å². The van der Waals surface area contributed by atoms with Crippen LogP contribution in [0.4, 0.5) is 13.2 Å². The minimum atomic E-state index is -4.69. The topological polar surface area (TPSA) is 43.4 Å². The Morgan fingerprint density at radius 1 is 0.676 bits per heavy atom. The molecule has 4 rings (SSSR count). The molecule has 0 saturated heterocycles. The fraction of sp³-hybridized carbons (Fsp3) is 0.172. The smallest absolute Gasteiger partial charge is 0.203 e. The molecule has 0 spiro atoms. The molecule has 0 saturated carbocycles. The summed E-state index contributed by atoms with van der Waals surface area (Å²) in [6.07, 6.45) is -3.84. The first-order valence-corrected chi connectivity index (χ1v) is 14.6. The lowest BCUT2D eigenvalue weighted by Crippen LogP contribution is -2.15. The number of halogens is 3. The van der Waals surface area contributed by atoms with Crippen molar-refractivity contribution < 1.29 is 25.2 Å². The Morgan fingerprint density at radius 3 is 1.65 bits per heavy atom. The maximum Gasteiger partial charge on any atom is 0.416 e. The van der Waals surface area contributed by atoms with E-state index in [4.69, 9.17) is 3.63 Å². The molecule has 0 unspecified atom stereocenters. The molecule has 0 radical (unpaired) electrons. The third-order valence-electron chi connectivity index (χ3n) is 5.69. The Balaban J connectivity index is 1.95. The van der Waals surface area contributed by atoms with Crippen LogP contribution >= 0.6 is 10.3 Å². The van der Waals surface area contributed by atoms with Gasteiger partial charge >= 0.3 is 16.3 Å². The predicted octanol–water partition coefficient (Wildman–Crippen LogP) is 8.51. The molecule has 4 aromatic rings. The molecule has 3 nitrogen and oxygen atoms in total. The molecule has 0 aliphatic rings. The van der Waals surface area contributed by atoms with Crippen molar-refractivity contribution in [2.24, 2.45) is 5.92 Å². The molecule has 4 aromatic carbocycles. The fourth-order valence-electron chi connectivity index (χ4n) is 4.04. The maximum absolute atomic E-state index is 13.7. The van der Waals surface area contributed by atoms with Gasteiger partial charge in [0.25, 0.3) is 0 Å². The first-order valence-electron chi connectivity index (χ1n) is 11.7. The largest absolute Gasteiger partial charge is 0.416 e. The molecule has 0 aromatic heterocycles. The highest BCUT2D eigenvalue weighted by Gasteiger charge is 2.39. The van der Waals surface area contributed by atoms with Gasteiger partial charge in [-0.25, -0.2) is 3.63 Å². The van der Waals surface area contributed by atoms with E-state index in [0.717, 1.165) is 30.2 Å². The highest BCUT2D eigenvalue weighted by Crippen LogP contribution is 2.70. The van der Waals surface area contributed by atoms with Gasteiger partial charge in [-0.15, -0.1) is 0 Å². The first-order chi connectivity index (χ1) is 17.5. The highest BCUT2D eigenvalue weighted by atomic mass is 32.3. The fourth-order valence-corrected chi connectivity index (χ4v) is 9.31. The van der Waals surface area contributed by atoms with E-state index in [9.17, 15) is 21.6 Å². The molecular formula is C29H27F3O3S2. The van der Waals surface area contributed by atoms with Crippen molar-refractivity contribution in [3.63, 3.8) is 0 Å². The van der Waals surface area contributed by atoms with Gasteiger partial charge in [0.15, 0.2) is 0 Å². The van der Waals surface area contributed by atoms with E-state index in [0.29, 0.717) is 26.7 Å². The number of benzene rings is 4. The van der Waals surface area contributed by atoms with Gasteiger partial charge in [-0.05, 0) is 82.8 Å². The van der Waals surface area contributed by atoms with Crippen LogP contribution in [0.5, 0.6) is 0 Å². The summed E-state index contributed by atoms with van der Waals surface area (Å²) in [6, 6.07) is 29.1. The van der Waals surface area contributed by atoms with Crippen LogP contribution in [-0.4, -0.2) is 8.42 Å². The Kier molecular flexibility index (Phi) is 7.83. The van der Waals surface area contributed by atoms with Crippen LogP contribution in [0.15, 0.2) is 129 Å². The van der Waals surface area contributed by atoms with Gasteiger partial charge in [0.05, 0.1) is 10.5 Å². The Bertz CT molecular complexity index is 1400. The summed E-state index contributed by atoms with van der Waals surface area (Å²) in [4.78, 5) is 1.28. The van der Waals surface area contributed by atoms with Crippen LogP contribution < -0.4 is 0 Å². The van der Waals surface area contributed by atoms with E-state index in [1.807, 2.05) is 36.4 Å². The number of hydrogen-bond donors (Lipinski definition) is 0. The highest BCUT2D eigenvalue weighted by molar-refractivity contribution is 8.33. The van der Waals surface area contributed by atoms with E-state index in [2.05, 4.69) is 13.8 Å². The van der Waals surface area contributed by atoms with Gasteiger partial charge in [-0.1, -0.05) is 68.4 Å². The summed E-state index contributed by atoms with van der Waals surface area (Å²) < 4.78 is 73.7. The molecule has 0 aliphatic heterocycles. The van der Waals surface area contributed by atoms with Gasteiger partial charge in [0.1, 0.15) is 0 Å². The molecule has 37 heavy (non-hydrogen) atoms. The van der Waals surface area contributed by atoms with Gasteiger partial charge in [0.2, 0.25) is 0 Å². The van der Waals surface area contributed by atoms with Gasteiger partial charge in [-0.2, -0.15) is 21.6 Å². The van der Waals surface area contributed by atoms with E-state index in [1.54, 1.807) is 48.5 Å². The molecule has 0 fully saturated rings. The van der Waals surface area contributed by atoms with Crippen LogP contribution in [0.1, 0.15) is 25.0 Å². The molecule has 0 N–H and O–H groups in total. The van der Waals surface area contributed by atoms with Crippen molar-refractivity contribution in [2.75, 3.05) is 0 Å². The van der Waals surface area contributed by atoms with Crippen molar-refractivity contribution >= 4 is 20.4 Å². The zero-order valence-corrected chi connectivity index (χ0v) is 22.0. The lowest BCUT2D eigenvalue weighted by molar-refractivity contribution is -0.137. The Hall–Kier alpha value is -3.07. The minimum Gasteiger partial charge on any atom is -0.203 e. The number of rotatable bonds is 8. The third kappa shape index (κ3) is 5.92. The second-order valence-corrected chi connectivity index (χ2v) is 13.4. The monoisotopic (exact) mass is 544 g/mol. The molecule has 8 heteroatoms. The SMILES string of the molecule is CC(C)Cc1ccc(S(OS(=O)(=O)c2cccc(C(F)(F)F)c2)(c2ccccc2)c2ccccc2)cc1. The van der Waals surface area contributed by atoms with Crippen LogP contribution in [0.3, 0.4) is 0 Å². The predicted molar refractivity (Wildman–Crippen MR) is 140 cm³/mol. The normalized spacial score (nSPS) is 13.0. The lowest BCUT2D eigenvalue weighted by atomic mass is 10.0. The van der Waals surface area contributed by atoms with Crippen LogP contribution in [-0.2, 0) is 26.3 Å². The Morgan fingerprint density at radius 2 is 1.16 bits per heavy atom. The quantitative estimate of drug-likeness (QED) is 0.223. The molecule has 194 valence electrons. The Labute approximate surface area is 217 Å². The van der Waals surface area contributed by atoms with Crippen molar-refractivity contribution in [1.29, 1.82) is 0 Å². The molecule has 0 atom stereocenters. The van der Waals surface area contributed by atoms with Gasteiger partial charge < -0.3 is 0 Å². The maximum atomic E-state index is 13.7. The van der Waals surface area contributed by atoms with Crippen molar-refractivity contribution in [1.82, 2.24) is 0 Å². The van der Waals surface area contributed by atoms with Crippen molar-refractivity contribution in [3.05, 3.63) is 120 Å². The molecule has 0 heterocycles. The zero-order chi connectivity index (χ0) is 26.7. The summed E-state index contributed by atoms with van der Waals surface area (Å²) in [7, 11) is -7.54. The second-order valence-electron chi connectivity index (χ2n) is 8.97. The summed E-state index contributed by atoms with van der Waals surface area (Å²) in [5.41, 5.74) is 0.0316. The van der Waals surface area contributed by atoms with Crippen LogP contribution in [0.25, 0.3) is 0 Å². The summed E-state index contributed by atoms with van der Waals surface area (Å²) >= 11 is 0. The average Bonchev–Trinajstić information content (AvgIpc) is 2.88. The minimum absolute atomic E-state index is 0.434. The molecule has 0 aliphatic carbocycles. The number of alkyl halides is 3. The third-order valence-corrected chi connectivity index (χ3v) is 10.9. The molecule has 0 amide bonds. The average molecular weight is 545 g/mol. The van der Waals surface area contributed by atoms with E-state index >= 15 is 0 Å². The van der Waals surface area contributed by atoms with Crippen LogP contribution in [0, 0.1) is 5.92 Å². The van der Waals surface area contributed by atoms with Crippen molar-refractivity contribution in [3.8, 4) is 0 Å².